The molecule has 3 atom stereocenters. The third-order valence-electron chi connectivity index (χ3n) is 6.07. The van der Waals surface area contributed by atoms with Crippen LogP contribution in [0.4, 0.5) is 11.6 Å². The van der Waals surface area contributed by atoms with Crippen LogP contribution < -0.4 is 20.3 Å². The van der Waals surface area contributed by atoms with Gasteiger partial charge in [-0.05, 0) is 67.6 Å². The topological polar surface area (TPSA) is 133 Å². The molecule has 4 heterocycles. The van der Waals surface area contributed by atoms with Gasteiger partial charge < -0.3 is 30.1 Å². The van der Waals surface area contributed by atoms with E-state index >= 15 is 0 Å². The fourth-order valence-corrected chi connectivity index (χ4v) is 4.51. The van der Waals surface area contributed by atoms with E-state index in [0.717, 1.165) is 37.9 Å². The molecule has 0 aromatic carbocycles. The number of rotatable bonds is 6. The van der Waals surface area contributed by atoms with Gasteiger partial charge in [0, 0.05) is 6.20 Å². The van der Waals surface area contributed by atoms with Crippen molar-refractivity contribution in [3.05, 3.63) is 41.2 Å². The second-order valence-corrected chi connectivity index (χ2v) is 8.27. The minimum Gasteiger partial charge on any atom is -0.480 e. The number of fused-ring (bicyclic) bond motifs is 2. The van der Waals surface area contributed by atoms with Gasteiger partial charge in [0.1, 0.15) is 17.6 Å². The van der Waals surface area contributed by atoms with Gasteiger partial charge in [-0.1, -0.05) is 0 Å². The number of aromatic nitrogens is 2. The van der Waals surface area contributed by atoms with Gasteiger partial charge in [0.05, 0.1) is 12.6 Å². The van der Waals surface area contributed by atoms with Crippen LogP contribution in [0, 0.1) is 17.2 Å². The molecule has 10 nitrogen and oxygen atoms in total. The Balaban J connectivity index is 1.10. The minimum absolute atomic E-state index is 0.0259. The molecular weight excluding hydrogens is 412 g/mol. The standard InChI is InChI=1S/C22H24N6O4/c23-9-17-16-8-13(7-14(16)3-6-25-17)10-24-5-4-15-11-28(22(30)32-15)19-2-1-18-21(26-19)27-20(29)12-31-18/h1-3,6,13,15,22,24,30H,4-5,7-8,10-12H2,(H,26,27,29). The largest absolute Gasteiger partial charge is 0.480 e. The number of amides is 1. The molecule has 0 saturated carbocycles. The number of nitriles is 1. The van der Waals surface area contributed by atoms with Crippen LogP contribution in [0.25, 0.3) is 0 Å². The van der Waals surface area contributed by atoms with E-state index in [-0.39, 0.29) is 18.6 Å². The van der Waals surface area contributed by atoms with E-state index in [9.17, 15) is 15.2 Å². The van der Waals surface area contributed by atoms with Crippen molar-refractivity contribution in [2.75, 3.05) is 36.5 Å². The van der Waals surface area contributed by atoms with Crippen LogP contribution >= 0.6 is 0 Å². The minimum atomic E-state index is -1.09. The summed E-state index contributed by atoms with van der Waals surface area (Å²) < 4.78 is 11.0. The predicted molar refractivity (Wildman–Crippen MR) is 114 cm³/mol. The number of anilines is 2. The number of pyridine rings is 2. The molecule has 3 unspecified atom stereocenters. The molecule has 5 rings (SSSR count). The maximum Gasteiger partial charge on any atom is 0.263 e. The number of carbonyl (C=O) groups is 1. The Morgan fingerprint density at radius 2 is 2.25 bits per heavy atom. The number of nitrogens with one attached hydrogen (secondary N) is 2. The Labute approximate surface area is 185 Å². The van der Waals surface area contributed by atoms with Gasteiger partial charge in [0.15, 0.2) is 18.2 Å². The van der Waals surface area contributed by atoms with Crippen LogP contribution in [0.1, 0.15) is 23.2 Å². The normalized spacial score (nSPS) is 23.8. The van der Waals surface area contributed by atoms with Crippen molar-refractivity contribution < 1.29 is 19.4 Å². The van der Waals surface area contributed by atoms with E-state index in [0.29, 0.717) is 35.5 Å². The maximum absolute atomic E-state index is 11.5. The zero-order valence-corrected chi connectivity index (χ0v) is 17.5. The summed E-state index contributed by atoms with van der Waals surface area (Å²) in [6.07, 6.45) is 3.04. The lowest BCUT2D eigenvalue weighted by atomic mass is 10.1. The number of ether oxygens (including phenoxy) is 2. The summed E-state index contributed by atoms with van der Waals surface area (Å²) in [7, 11) is 0. The van der Waals surface area contributed by atoms with Crippen molar-refractivity contribution in [3.63, 3.8) is 0 Å². The van der Waals surface area contributed by atoms with Crippen molar-refractivity contribution in [2.24, 2.45) is 5.92 Å². The maximum atomic E-state index is 11.5. The Bertz CT molecular complexity index is 1070. The fourth-order valence-electron chi connectivity index (χ4n) is 4.51. The average Bonchev–Trinajstić information content (AvgIpc) is 3.38. The second-order valence-electron chi connectivity index (χ2n) is 8.27. The molecule has 3 aliphatic rings. The van der Waals surface area contributed by atoms with Crippen molar-refractivity contribution in [1.82, 2.24) is 15.3 Å². The summed E-state index contributed by atoms with van der Waals surface area (Å²) >= 11 is 0. The third-order valence-corrected chi connectivity index (χ3v) is 6.07. The first-order valence-corrected chi connectivity index (χ1v) is 10.7. The SMILES string of the molecule is N#Cc1nccc2c1CC(CNCCC1CN(c3ccc4c(n3)NC(=O)CO4)C(O)O1)C2. The predicted octanol–water partition coefficient (Wildman–Crippen LogP) is 0.555. The highest BCUT2D eigenvalue weighted by Crippen LogP contribution is 2.31. The lowest BCUT2D eigenvalue weighted by Gasteiger charge is -2.22. The van der Waals surface area contributed by atoms with Gasteiger partial charge >= 0.3 is 0 Å². The molecule has 10 heteroatoms. The molecule has 0 radical (unpaired) electrons. The summed E-state index contributed by atoms with van der Waals surface area (Å²) in [4.78, 5) is 21.7. The quantitative estimate of drug-likeness (QED) is 0.555. The van der Waals surface area contributed by atoms with E-state index in [2.05, 4.69) is 26.7 Å². The molecule has 3 N–H and O–H groups in total. The molecule has 1 aliphatic carbocycles. The molecule has 2 aliphatic heterocycles. The molecule has 2 aromatic heterocycles. The first-order chi connectivity index (χ1) is 15.6. The summed E-state index contributed by atoms with van der Waals surface area (Å²) in [6.45, 7) is 2.07. The van der Waals surface area contributed by atoms with E-state index in [1.165, 1.54) is 5.56 Å². The Morgan fingerprint density at radius 1 is 1.34 bits per heavy atom. The monoisotopic (exact) mass is 436 g/mol. The molecule has 0 spiro atoms. The average molecular weight is 436 g/mol. The molecule has 166 valence electrons. The number of hydrogen-bond acceptors (Lipinski definition) is 9. The Morgan fingerprint density at radius 3 is 3.12 bits per heavy atom. The van der Waals surface area contributed by atoms with Gasteiger partial charge in [0.25, 0.3) is 5.91 Å². The highest BCUT2D eigenvalue weighted by atomic mass is 16.6. The van der Waals surface area contributed by atoms with Crippen molar-refractivity contribution in [1.29, 1.82) is 5.26 Å². The van der Waals surface area contributed by atoms with E-state index in [4.69, 9.17) is 9.47 Å². The molecule has 2 aromatic rings. The number of aliphatic hydroxyl groups is 1. The van der Waals surface area contributed by atoms with Crippen LogP contribution in [0.5, 0.6) is 5.75 Å². The third kappa shape index (κ3) is 4.10. The van der Waals surface area contributed by atoms with Crippen LogP contribution in [-0.4, -0.2) is 59.7 Å². The summed E-state index contributed by atoms with van der Waals surface area (Å²) in [6, 6.07) is 7.66. The first kappa shape index (κ1) is 20.6. The Kier molecular flexibility index (Phi) is 5.61. The molecule has 1 amide bonds. The smallest absolute Gasteiger partial charge is 0.263 e. The molecule has 1 fully saturated rings. The highest BCUT2D eigenvalue weighted by Gasteiger charge is 2.33. The number of carbonyl (C=O) groups excluding carboxylic acids is 1. The second kappa shape index (κ2) is 8.70. The lowest BCUT2D eigenvalue weighted by molar-refractivity contribution is -0.118. The zero-order valence-electron chi connectivity index (χ0n) is 17.5. The highest BCUT2D eigenvalue weighted by molar-refractivity contribution is 5.94. The number of nitrogens with zero attached hydrogens (tertiary/aromatic N) is 4. The van der Waals surface area contributed by atoms with Crippen molar-refractivity contribution in [2.45, 2.75) is 31.8 Å². The number of hydrogen-bond donors (Lipinski definition) is 3. The van der Waals surface area contributed by atoms with Gasteiger partial charge in [-0.15, -0.1) is 0 Å². The zero-order chi connectivity index (χ0) is 22.1. The van der Waals surface area contributed by atoms with Crippen molar-refractivity contribution >= 4 is 17.5 Å². The van der Waals surface area contributed by atoms with Crippen LogP contribution in [-0.2, 0) is 22.4 Å². The first-order valence-electron chi connectivity index (χ1n) is 10.7. The lowest BCUT2D eigenvalue weighted by Crippen LogP contribution is -2.32. The van der Waals surface area contributed by atoms with Gasteiger partial charge in [0.2, 0.25) is 6.41 Å². The molecule has 0 bridgehead atoms. The van der Waals surface area contributed by atoms with E-state index < -0.39 is 6.41 Å². The van der Waals surface area contributed by atoms with Crippen LogP contribution in [0.2, 0.25) is 0 Å². The molecule has 1 saturated heterocycles. The van der Waals surface area contributed by atoms with Crippen LogP contribution in [0.3, 0.4) is 0 Å². The summed E-state index contributed by atoms with van der Waals surface area (Å²) in [5.41, 5.74) is 2.85. The Hall–Kier alpha value is -3.26. The van der Waals surface area contributed by atoms with Crippen molar-refractivity contribution in [3.8, 4) is 11.8 Å². The van der Waals surface area contributed by atoms with Crippen LogP contribution in [0.15, 0.2) is 24.4 Å². The number of aliphatic hydroxyl groups excluding tert-OH is 1. The summed E-state index contributed by atoms with van der Waals surface area (Å²) in [5.74, 6) is 1.57. The molecule has 32 heavy (non-hydrogen) atoms. The van der Waals surface area contributed by atoms with Gasteiger partial charge in [-0.2, -0.15) is 5.26 Å². The van der Waals surface area contributed by atoms with Gasteiger partial charge in [-0.3, -0.25) is 4.79 Å². The summed E-state index contributed by atoms with van der Waals surface area (Å²) in [5, 5.41) is 25.7. The van der Waals surface area contributed by atoms with Gasteiger partial charge in [-0.25, -0.2) is 9.97 Å². The van der Waals surface area contributed by atoms with E-state index in [1.807, 2.05) is 6.07 Å². The van der Waals surface area contributed by atoms with E-state index in [1.54, 1.807) is 23.2 Å². The fraction of sp³-hybridized carbons (Fsp3) is 0.455. The molecular formula is C22H24N6O4.